The van der Waals surface area contributed by atoms with Crippen LogP contribution in [0.1, 0.15) is 19.4 Å². The van der Waals surface area contributed by atoms with Crippen molar-refractivity contribution in [1.82, 2.24) is 5.32 Å². The molecule has 6 heteroatoms. The van der Waals surface area contributed by atoms with Gasteiger partial charge in [0.15, 0.2) is 11.6 Å². The van der Waals surface area contributed by atoms with Crippen molar-refractivity contribution in [2.45, 2.75) is 20.4 Å². The first-order chi connectivity index (χ1) is 11.4. The van der Waals surface area contributed by atoms with Gasteiger partial charge in [-0.3, -0.25) is 4.79 Å². The quantitative estimate of drug-likeness (QED) is 0.565. The van der Waals surface area contributed by atoms with E-state index in [9.17, 15) is 9.18 Å². The second-order valence-electron chi connectivity index (χ2n) is 5.50. The zero-order chi connectivity index (χ0) is 18.1. The third-order valence-corrected chi connectivity index (χ3v) is 3.39. The number of nitrogens with one attached hydrogen (secondary N) is 1. The van der Waals surface area contributed by atoms with Gasteiger partial charge in [-0.25, -0.2) is 4.39 Å². The molecule has 0 aliphatic rings. The minimum Gasteiger partial charge on any atom is -0.494 e. The topological polar surface area (TPSA) is 73.6 Å². The molecule has 1 aromatic rings. The van der Waals surface area contributed by atoms with Gasteiger partial charge >= 0.3 is 0 Å². The van der Waals surface area contributed by atoms with E-state index in [0.717, 1.165) is 0 Å². The molecular formula is C18H25FN2O3. The van der Waals surface area contributed by atoms with Crippen LogP contribution in [0.2, 0.25) is 0 Å². The molecule has 0 spiro atoms. The number of hydrogen-bond acceptors (Lipinski definition) is 4. The van der Waals surface area contributed by atoms with E-state index in [1.54, 1.807) is 32.2 Å². The fraction of sp³-hybridized carbons (Fsp3) is 0.389. The van der Waals surface area contributed by atoms with Gasteiger partial charge < -0.3 is 20.5 Å². The molecule has 1 unspecified atom stereocenters. The van der Waals surface area contributed by atoms with Crippen molar-refractivity contribution in [3.05, 3.63) is 53.0 Å². The lowest BCUT2D eigenvalue weighted by Gasteiger charge is -2.11. The van der Waals surface area contributed by atoms with Crippen molar-refractivity contribution in [3.8, 4) is 5.75 Å². The number of allylic oxidation sites excluding steroid dienone is 1. The Labute approximate surface area is 142 Å². The predicted octanol–water partition coefficient (Wildman–Crippen LogP) is 2.52. The highest BCUT2D eigenvalue weighted by Gasteiger charge is 2.12. The molecule has 24 heavy (non-hydrogen) atoms. The summed E-state index contributed by atoms with van der Waals surface area (Å²) in [6, 6.07) is 4.78. The summed E-state index contributed by atoms with van der Waals surface area (Å²) in [5.41, 5.74) is 6.86. The summed E-state index contributed by atoms with van der Waals surface area (Å²) in [4.78, 5) is 12.3. The van der Waals surface area contributed by atoms with Gasteiger partial charge in [0, 0.05) is 24.9 Å². The Morgan fingerprint density at radius 1 is 1.42 bits per heavy atom. The largest absolute Gasteiger partial charge is 0.494 e. The van der Waals surface area contributed by atoms with Crippen LogP contribution in [-0.2, 0) is 16.1 Å². The normalized spacial score (nSPS) is 13.5. The lowest BCUT2D eigenvalue weighted by atomic mass is 10.1. The van der Waals surface area contributed by atoms with Crippen LogP contribution in [0.5, 0.6) is 5.75 Å². The van der Waals surface area contributed by atoms with Crippen molar-refractivity contribution in [2.75, 3.05) is 20.8 Å². The summed E-state index contributed by atoms with van der Waals surface area (Å²) in [5, 5.41) is 2.67. The number of rotatable bonds is 8. The Balaban J connectivity index is 2.79. The minimum absolute atomic E-state index is 0.0418. The predicted molar refractivity (Wildman–Crippen MR) is 91.9 cm³/mol. The molecule has 0 heterocycles. The Bertz CT molecular complexity index is 623. The highest BCUT2D eigenvalue weighted by molar-refractivity contribution is 5.96. The van der Waals surface area contributed by atoms with E-state index < -0.39 is 5.82 Å². The van der Waals surface area contributed by atoms with E-state index in [1.165, 1.54) is 13.2 Å². The number of hydrogen-bond donors (Lipinski definition) is 2. The lowest BCUT2D eigenvalue weighted by molar-refractivity contribution is -0.117. The van der Waals surface area contributed by atoms with Gasteiger partial charge in [0.2, 0.25) is 0 Å². The molecule has 0 radical (unpaired) electrons. The number of ether oxygens (including phenoxy) is 2. The monoisotopic (exact) mass is 336 g/mol. The number of halogens is 1. The van der Waals surface area contributed by atoms with Gasteiger partial charge in [-0.15, -0.1) is 0 Å². The van der Waals surface area contributed by atoms with Crippen LogP contribution < -0.4 is 15.8 Å². The first-order valence-corrected chi connectivity index (χ1v) is 7.63. The fourth-order valence-corrected chi connectivity index (χ4v) is 2.09. The van der Waals surface area contributed by atoms with Crippen molar-refractivity contribution in [2.24, 2.45) is 11.7 Å². The van der Waals surface area contributed by atoms with Gasteiger partial charge in [-0.2, -0.15) is 0 Å². The van der Waals surface area contributed by atoms with E-state index in [-0.39, 0.29) is 24.1 Å². The number of nitrogens with two attached hydrogens (primary N) is 1. The van der Waals surface area contributed by atoms with Gasteiger partial charge in [-0.05, 0) is 18.9 Å². The number of carbonyl (C=O) groups is 1. The SMILES string of the molecule is COCC(C)/C=C\C(C(=O)NCc1cccc(OC)c1F)=C(/C)N. The van der Waals surface area contributed by atoms with E-state index in [4.69, 9.17) is 15.2 Å². The standard InChI is InChI=1S/C18H25FN2O3/c1-12(11-23-3)8-9-15(13(2)20)18(22)21-10-14-6-5-7-16(24-4)17(14)19/h5-9,12H,10-11,20H2,1-4H3,(H,21,22)/b9-8-,15-13-. The maximum atomic E-state index is 14.1. The number of carbonyl (C=O) groups excluding carboxylic acids is 1. The fourth-order valence-electron chi connectivity index (χ4n) is 2.09. The van der Waals surface area contributed by atoms with E-state index in [2.05, 4.69) is 5.32 Å². The van der Waals surface area contributed by atoms with Crippen LogP contribution in [0, 0.1) is 11.7 Å². The third kappa shape index (κ3) is 5.70. The van der Waals surface area contributed by atoms with E-state index in [1.807, 2.05) is 13.0 Å². The van der Waals surface area contributed by atoms with Crippen LogP contribution in [0.15, 0.2) is 41.6 Å². The molecule has 0 aliphatic carbocycles. The van der Waals surface area contributed by atoms with Crippen molar-refractivity contribution in [1.29, 1.82) is 0 Å². The van der Waals surface area contributed by atoms with Gasteiger partial charge in [0.05, 0.1) is 19.3 Å². The zero-order valence-electron chi connectivity index (χ0n) is 14.6. The molecule has 5 nitrogen and oxygen atoms in total. The summed E-state index contributed by atoms with van der Waals surface area (Å²) < 4.78 is 24.1. The van der Waals surface area contributed by atoms with Crippen LogP contribution >= 0.6 is 0 Å². The summed E-state index contributed by atoms with van der Waals surface area (Å²) in [6.45, 7) is 4.20. The molecule has 132 valence electrons. The molecule has 1 aromatic carbocycles. The van der Waals surface area contributed by atoms with Crippen LogP contribution in [0.3, 0.4) is 0 Å². The molecule has 0 bridgehead atoms. The molecule has 0 aliphatic heterocycles. The molecule has 0 saturated heterocycles. The summed E-state index contributed by atoms with van der Waals surface area (Å²) in [7, 11) is 3.01. The Morgan fingerprint density at radius 2 is 2.12 bits per heavy atom. The molecule has 3 N–H and O–H groups in total. The van der Waals surface area contributed by atoms with Crippen LogP contribution in [0.25, 0.3) is 0 Å². The molecule has 1 amide bonds. The lowest BCUT2D eigenvalue weighted by Crippen LogP contribution is -2.26. The summed E-state index contributed by atoms with van der Waals surface area (Å²) >= 11 is 0. The number of amides is 1. The maximum Gasteiger partial charge on any atom is 0.253 e. The van der Waals surface area contributed by atoms with Crippen LogP contribution in [-0.4, -0.2) is 26.7 Å². The van der Waals surface area contributed by atoms with Crippen LogP contribution in [0.4, 0.5) is 4.39 Å². The van der Waals surface area contributed by atoms with Crippen molar-refractivity contribution >= 4 is 5.91 Å². The second kappa shape index (κ2) is 9.72. The van der Waals surface area contributed by atoms with E-state index in [0.29, 0.717) is 23.4 Å². The first kappa shape index (κ1) is 19.7. The highest BCUT2D eigenvalue weighted by atomic mass is 19.1. The number of benzene rings is 1. The molecule has 1 rings (SSSR count). The second-order valence-corrected chi connectivity index (χ2v) is 5.50. The smallest absolute Gasteiger partial charge is 0.253 e. The van der Waals surface area contributed by atoms with Gasteiger partial charge in [0.1, 0.15) is 0 Å². The van der Waals surface area contributed by atoms with Gasteiger partial charge in [0.25, 0.3) is 5.91 Å². The molecule has 0 aromatic heterocycles. The van der Waals surface area contributed by atoms with Crippen molar-refractivity contribution in [3.63, 3.8) is 0 Å². The number of methoxy groups -OCH3 is 2. The first-order valence-electron chi connectivity index (χ1n) is 7.63. The van der Waals surface area contributed by atoms with Gasteiger partial charge in [-0.1, -0.05) is 31.2 Å². The molecule has 0 saturated carbocycles. The average Bonchev–Trinajstić information content (AvgIpc) is 2.54. The summed E-state index contributed by atoms with van der Waals surface area (Å²) in [5.74, 6) is -0.563. The zero-order valence-corrected chi connectivity index (χ0v) is 14.6. The Kier molecular flexibility index (Phi) is 7.98. The molecule has 0 fully saturated rings. The van der Waals surface area contributed by atoms with E-state index >= 15 is 0 Å². The van der Waals surface area contributed by atoms with Crippen molar-refractivity contribution < 1.29 is 18.7 Å². The summed E-state index contributed by atoms with van der Waals surface area (Å²) in [6.07, 6.45) is 3.51. The average molecular weight is 336 g/mol. The molecular weight excluding hydrogens is 311 g/mol. The Morgan fingerprint density at radius 3 is 2.71 bits per heavy atom. The Hall–Kier alpha value is -2.34. The highest BCUT2D eigenvalue weighted by Crippen LogP contribution is 2.19. The minimum atomic E-state index is -0.487. The molecule has 1 atom stereocenters. The maximum absolute atomic E-state index is 14.1. The third-order valence-electron chi connectivity index (χ3n) is 3.39.